The zero-order chi connectivity index (χ0) is 10.9. The molecule has 0 fully saturated rings. The molecule has 1 aromatic carbocycles. The van der Waals surface area contributed by atoms with Gasteiger partial charge in [0.05, 0.1) is 6.61 Å². The second kappa shape index (κ2) is 7.01. The van der Waals surface area contributed by atoms with Gasteiger partial charge < -0.3 is 10.4 Å². The van der Waals surface area contributed by atoms with Crippen LogP contribution in [0, 0.1) is 0 Å². The molecule has 3 nitrogen and oxygen atoms in total. The molecule has 0 aliphatic carbocycles. The van der Waals surface area contributed by atoms with Gasteiger partial charge in [0.1, 0.15) is 0 Å². The lowest BCUT2D eigenvalue weighted by molar-refractivity contribution is -0.121. The molecule has 15 heavy (non-hydrogen) atoms. The van der Waals surface area contributed by atoms with Crippen molar-refractivity contribution in [3.63, 3.8) is 0 Å². The maximum Gasteiger partial charge on any atom is 0.220 e. The fourth-order valence-corrected chi connectivity index (χ4v) is 1.38. The highest BCUT2D eigenvalue weighted by atomic mass is 16.3. The molecule has 2 N–H and O–H groups in total. The topological polar surface area (TPSA) is 49.3 Å². The number of aliphatic hydroxyl groups excluding tert-OH is 1. The SMILES string of the molecule is O=C(CCCc1ccccc1)NCCO. The highest BCUT2D eigenvalue weighted by Gasteiger charge is 1.99. The van der Waals surface area contributed by atoms with E-state index < -0.39 is 0 Å². The van der Waals surface area contributed by atoms with Crippen LogP contribution in [-0.2, 0) is 11.2 Å². The predicted octanol–water partition coefficient (Wildman–Crippen LogP) is 1.12. The second-order valence-corrected chi connectivity index (χ2v) is 3.41. The van der Waals surface area contributed by atoms with Gasteiger partial charge in [0, 0.05) is 13.0 Å². The van der Waals surface area contributed by atoms with Crippen molar-refractivity contribution in [2.75, 3.05) is 13.2 Å². The lowest BCUT2D eigenvalue weighted by Gasteiger charge is -2.03. The molecule has 1 rings (SSSR count). The third kappa shape index (κ3) is 5.18. The minimum Gasteiger partial charge on any atom is -0.395 e. The maximum atomic E-state index is 11.2. The molecule has 82 valence electrons. The summed E-state index contributed by atoms with van der Waals surface area (Å²) in [5, 5.41) is 11.1. The molecule has 0 aliphatic rings. The molecule has 0 saturated heterocycles. The molecular weight excluding hydrogens is 190 g/mol. The Balaban J connectivity index is 2.14. The van der Waals surface area contributed by atoms with Crippen molar-refractivity contribution in [1.82, 2.24) is 5.32 Å². The van der Waals surface area contributed by atoms with Gasteiger partial charge in [0.25, 0.3) is 0 Å². The predicted molar refractivity (Wildman–Crippen MR) is 59.5 cm³/mol. The van der Waals surface area contributed by atoms with Crippen molar-refractivity contribution in [2.45, 2.75) is 19.3 Å². The first kappa shape index (κ1) is 11.7. The van der Waals surface area contributed by atoms with Crippen molar-refractivity contribution in [2.24, 2.45) is 0 Å². The molecule has 0 aliphatic heterocycles. The Hall–Kier alpha value is -1.35. The van der Waals surface area contributed by atoms with Gasteiger partial charge in [-0.2, -0.15) is 0 Å². The number of hydrogen-bond acceptors (Lipinski definition) is 2. The van der Waals surface area contributed by atoms with Gasteiger partial charge in [-0.25, -0.2) is 0 Å². The minimum atomic E-state index is 0.00439. The van der Waals surface area contributed by atoms with E-state index in [1.165, 1.54) is 5.56 Å². The Morgan fingerprint density at radius 2 is 2.00 bits per heavy atom. The first-order chi connectivity index (χ1) is 7.33. The van der Waals surface area contributed by atoms with Crippen LogP contribution in [0.3, 0.4) is 0 Å². The van der Waals surface area contributed by atoms with E-state index in [1.807, 2.05) is 18.2 Å². The van der Waals surface area contributed by atoms with Gasteiger partial charge >= 0.3 is 0 Å². The summed E-state index contributed by atoms with van der Waals surface area (Å²) in [6.07, 6.45) is 2.30. The molecule has 0 radical (unpaired) electrons. The molecule has 0 unspecified atom stereocenters. The number of nitrogens with one attached hydrogen (secondary N) is 1. The molecule has 3 heteroatoms. The first-order valence-electron chi connectivity index (χ1n) is 5.24. The summed E-state index contributed by atoms with van der Waals surface area (Å²) in [6.45, 7) is 0.356. The lowest BCUT2D eigenvalue weighted by atomic mass is 10.1. The van der Waals surface area contributed by atoms with E-state index in [0.29, 0.717) is 13.0 Å². The van der Waals surface area contributed by atoms with Crippen molar-refractivity contribution >= 4 is 5.91 Å². The summed E-state index contributed by atoms with van der Waals surface area (Å²) in [4.78, 5) is 11.2. The highest BCUT2D eigenvalue weighted by Crippen LogP contribution is 2.03. The largest absolute Gasteiger partial charge is 0.395 e. The smallest absolute Gasteiger partial charge is 0.220 e. The number of amides is 1. The molecule has 0 aromatic heterocycles. The van der Waals surface area contributed by atoms with Crippen molar-refractivity contribution in [3.8, 4) is 0 Å². The third-order valence-corrected chi connectivity index (χ3v) is 2.15. The van der Waals surface area contributed by atoms with Crippen LogP contribution in [0.2, 0.25) is 0 Å². The molecule has 0 atom stereocenters. The Kier molecular flexibility index (Phi) is 5.48. The summed E-state index contributed by atoms with van der Waals surface area (Å²) in [7, 11) is 0. The van der Waals surface area contributed by atoms with E-state index >= 15 is 0 Å². The van der Waals surface area contributed by atoms with Crippen LogP contribution >= 0.6 is 0 Å². The summed E-state index contributed by atoms with van der Waals surface area (Å²) >= 11 is 0. The van der Waals surface area contributed by atoms with E-state index in [4.69, 9.17) is 5.11 Å². The van der Waals surface area contributed by atoms with Crippen LogP contribution in [0.5, 0.6) is 0 Å². The molecule has 0 bridgehead atoms. The molecule has 1 aromatic rings. The second-order valence-electron chi connectivity index (χ2n) is 3.41. The van der Waals surface area contributed by atoms with E-state index in [0.717, 1.165) is 12.8 Å². The number of aliphatic hydroxyl groups is 1. The highest BCUT2D eigenvalue weighted by molar-refractivity contribution is 5.75. The van der Waals surface area contributed by atoms with Gasteiger partial charge in [0.15, 0.2) is 0 Å². The Morgan fingerprint density at radius 3 is 2.67 bits per heavy atom. The van der Waals surface area contributed by atoms with Gasteiger partial charge in [-0.05, 0) is 18.4 Å². The fourth-order valence-electron chi connectivity index (χ4n) is 1.38. The zero-order valence-electron chi connectivity index (χ0n) is 8.78. The van der Waals surface area contributed by atoms with Gasteiger partial charge in [-0.15, -0.1) is 0 Å². The standard InChI is InChI=1S/C12H17NO2/c14-10-9-13-12(15)8-4-7-11-5-2-1-3-6-11/h1-3,5-6,14H,4,7-10H2,(H,13,15). The van der Waals surface area contributed by atoms with E-state index in [9.17, 15) is 4.79 Å². The van der Waals surface area contributed by atoms with E-state index in [2.05, 4.69) is 17.4 Å². The average molecular weight is 207 g/mol. The van der Waals surface area contributed by atoms with Crippen LogP contribution in [0.4, 0.5) is 0 Å². The fraction of sp³-hybridized carbons (Fsp3) is 0.417. The molecule has 1 amide bonds. The number of carbonyl (C=O) groups excluding carboxylic acids is 1. The normalized spacial score (nSPS) is 9.93. The van der Waals surface area contributed by atoms with Crippen LogP contribution in [0.15, 0.2) is 30.3 Å². The minimum absolute atomic E-state index is 0.00439. The summed E-state index contributed by atoms with van der Waals surface area (Å²) in [5.74, 6) is 0.0139. The van der Waals surface area contributed by atoms with Crippen LogP contribution in [0.25, 0.3) is 0 Å². The van der Waals surface area contributed by atoms with Gasteiger partial charge in [-0.1, -0.05) is 30.3 Å². The van der Waals surface area contributed by atoms with Crippen LogP contribution in [-0.4, -0.2) is 24.2 Å². The Bertz CT molecular complexity index is 285. The summed E-state index contributed by atoms with van der Waals surface area (Å²) in [5.41, 5.74) is 1.26. The molecule has 0 heterocycles. The van der Waals surface area contributed by atoms with E-state index in [1.54, 1.807) is 0 Å². The number of benzene rings is 1. The molecular formula is C12H17NO2. The van der Waals surface area contributed by atoms with Gasteiger partial charge in [0.2, 0.25) is 5.91 Å². The van der Waals surface area contributed by atoms with Crippen LogP contribution in [0.1, 0.15) is 18.4 Å². The van der Waals surface area contributed by atoms with Crippen molar-refractivity contribution < 1.29 is 9.90 Å². The van der Waals surface area contributed by atoms with Gasteiger partial charge in [-0.3, -0.25) is 4.79 Å². The van der Waals surface area contributed by atoms with Crippen molar-refractivity contribution in [3.05, 3.63) is 35.9 Å². The van der Waals surface area contributed by atoms with Crippen LogP contribution < -0.4 is 5.32 Å². The summed E-state index contributed by atoms with van der Waals surface area (Å²) in [6, 6.07) is 10.1. The maximum absolute atomic E-state index is 11.2. The van der Waals surface area contributed by atoms with E-state index in [-0.39, 0.29) is 12.5 Å². The average Bonchev–Trinajstić information content (AvgIpc) is 2.28. The Labute approximate surface area is 90.1 Å². The first-order valence-corrected chi connectivity index (χ1v) is 5.24. The third-order valence-electron chi connectivity index (χ3n) is 2.15. The zero-order valence-corrected chi connectivity index (χ0v) is 8.78. The molecule has 0 saturated carbocycles. The number of hydrogen-bond donors (Lipinski definition) is 2. The number of aryl methyl sites for hydroxylation is 1. The number of carbonyl (C=O) groups is 1. The number of rotatable bonds is 6. The monoisotopic (exact) mass is 207 g/mol. The lowest BCUT2D eigenvalue weighted by Crippen LogP contribution is -2.26. The molecule has 0 spiro atoms. The van der Waals surface area contributed by atoms with Crippen molar-refractivity contribution in [1.29, 1.82) is 0 Å². The summed E-state index contributed by atoms with van der Waals surface area (Å²) < 4.78 is 0. The quantitative estimate of drug-likeness (QED) is 0.734. The Morgan fingerprint density at radius 1 is 1.27 bits per heavy atom.